The van der Waals surface area contributed by atoms with Crippen molar-refractivity contribution in [1.82, 2.24) is 0 Å². The average molecular weight is 207 g/mol. The highest BCUT2D eigenvalue weighted by Gasteiger charge is 2.13. The zero-order valence-electron chi connectivity index (χ0n) is 6.18. The van der Waals surface area contributed by atoms with Crippen molar-refractivity contribution in [2.45, 2.75) is 6.92 Å². The predicted octanol–water partition coefficient (Wildman–Crippen LogP) is 0.790. The van der Waals surface area contributed by atoms with Crippen molar-refractivity contribution in [1.29, 1.82) is 5.39 Å². The lowest BCUT2D eigenvalue weighted by Crippen LogP contribution is -3.00. The minimum Gasteiger partial charge on any atom is -1.00 e. The van der Waals surface area contributed by atoms with E-state index in [-0.39, 0.29) is 4.70 Å². The molecule has 0 heterocycles. The third-order valence-corrected chi connectivity index (χ3v) is 2.05. The second-order valence-electron chi connectivity index (χ2n) is 2.15. The maximum absolute atomic E-state index is 8.43. The van der Waals surface area contributed by atoms with Crippen LogP contribution in [0.15, 0.2) is 12.1 Å². The van der Waals surface area contributed by atoms with E-state index >= 15 is 0 Å². The molecule has 2 nitrogen and oxygen atoms in total. The van der Waals surface area contributed by atoms with Gasteiger partial charge in [-0.15, -0.1) is 0 Å². The molecule has 0 bridgehead atoms. The first-order chi connectivity index (χ1) is 5.15. The molecule has 0 radical (unpaired) electrons. The lowest BCUT2D eigenvalue weighted by Gasteiger charge is -1.92. The minimum atomic E-state index is 0. The third-order valence-electron chi connectivity index (χ3n) is 1.34. The van der Waals surface area contributed by atoms with Gasteiger partial charge in [-0.25, -0.2) is 0 Å². The van der Waals surface area contributed by atoms with Crippen molar-refractivity contribution in [3.8, 4) is 0 Å². The van der Waals surface area contributed by atoms with Gasteiger partial charge in [0.15, 0.2) is 4.98 Å². The van der Waals surface area contributed by atoms with Crippen LogP contribution in [0.5, 0.6) is 0 Å². The summed E-state index contributed by atoms with van der Waals surface area (Å²) in [7, 11) is 0. The zero-order valence-corrected chi connectivity index (χ0v) is 7.69. The predicted molar refractivity (Wildman–Crippen MR) is 45.9 cm³/mol. The van der Waals surface area contributed by atoms with E-state index in [1.807, 2.05) is 6.92 Å². The quantitative estimate of drug-likeness (QED) is 0.578. The van der Waals surface area contributed by atoms with Crippen LogP contribution >= 0.6 is 23.2 Å². The van der Waals surface area contributed by atoms with Crippen molar-refractivity contribution >= 4 is 28.9 Å². The van der Waals surface area contributed by atoms with Gasteiger partial charge >= 0.3 is 5.69 Å². The highest BCUT2D eigenvalue weighted by atomic mass is 35.5. The van der Waals surface area contributed by atoms with E-state index in [1.54, 1.807) is 12.1 Å². The topological polar surface area (TPSA) is 28.1 Å². The molecule has 0 aliphatic carbocycles. The molecule has 0 aliphatic heterocycles. The molecule has 1 rings (SSSR count). The molecule has 64 valence electrons. The maximum Gasteiger partial charge on any atom is 0.403 e. The Hall–Kier alpha value is -0.850. The summed E-state index contributed by atoms with van der Waals surface area (Å²) in [5.74, 6) is 0. The number of aryl methyl sites for hydroxylation is 1. The summed E-state index contributed by atoms with van der Waals surface area (Å²) in [6, 6.07) is 3.16. The molecule has 5 heteroatoms. The van der Waals surface area contributed by atoms with Crippen LogP contribution < -0.4 is 4.70 Å². The molecule has 0 amide bonds. The molecule has 0 saturated heterocycles. The molecule has 1 aromatic carbocycles. The summed E-state index contributed by atoms with van der Waals surface area (Å²) in [5.41, 5.74) is 1.18. The van der Waals surface area contributed by atoms with Crippen molar-refractivity contribution in [3.05, 3.63) is 32.7 Å². The first kappa shape index (κ1) is 11.2. The van der Waals surface area contributed by atoms with E-state index in [9.17, 15) is 0 Å². The van der Waals surface area contributed by atoms with Gasteiger partial charge in [-0.1, -0.05) is 23.2 Å². The fourth-order valence-corrected chi connectivity index (χ4v) is 1.14. The highest BCUT2D eigenvalue weighted by Crippen LogP contribution is 2.30. The Morgan fingerprint density at radius 3 is 2.33 bits per heavy atom. The largest absolute Gasteiger partial charge is 1.00 e. The molecular weight excluding hydrogens is 202 g/mol. The van der Waals surface area contributed by atoms with Gasteiger partial charge in [-0.3, -0.25) is 0 Å². The first-order valence-corrected chi connectivity index (χ1v) is 3.71. The third kappa shape index (κ3) is 2.07. The number of rotatable bonds is 0. The average Bonchev–Trinajstić information content (AvgIpc) is 1.97. The lowest BCUT2D eigenvalue weighted by atomic mass is 10.2. The van der Waals surface area contributed by atoms with E-state index in [1.165, 1.54) is 0 Å². The summed E-state index contributed by atoms with van der Waals surface area (Å²) >= 11 is 11.4. The molecular formula is C7H5Cl2FN2. The van der Waals surface area contributed by atoms with E-state index in [0.717, 1.165) is 5.56 Å². The van der Waals surface area contributed by atoms with Crippen LogP contribution in [0.1, 0.15) is 5.56 Å². The van der Waals surface area contributed by atoms with Crippen LogP contribution in [-0.2, 0) is 0 Å². The monoisotopic (exact) mass is 206 g/mol. The molecule has 0 atom stereocenters. The normalized spacial score (nSPS) is 8.50. The maximum atomic E-state index is 8.43. The Kier molecular flexibility index (Phi) is 3.94. The molecule has 12 heavy (non-hydrogen) atoms. The highest BCUT2D eigenvalue weighted by molar-refractivity contribution is 6.36. The van der Waals surface area contributed by atoms with Gasteiger partial charge in [0.25, 0.3) is 0 Å². The number of nitrogens with zero attached hydrogens (tertiary/aromatic N) is 2. The van der Waals surface area contributed by atoms with Crippen molar-refractivity contribution < 1.29 is 4.70 Å². The van der Waals surface area contributed by atoms with E-state index in [4.69, 9.17) is 28.6 Å². The van der Waals surface area contributed by atoms with Gasteiger partial charge < -0.3 is 4.70 Å². The Morgan fingerprint density at radius 2 is 1.83 bits per heavy atom. The van der Waals surface area contributed by atoms with Crippen molar-refractivity contribution in [2.75, 3.05) is 0 Å². The van der Waals surface area contributed by atoms with Crippen molar-refractivity contribution in [3.63, 3.8) is 0 Å². The smallest absolute Gasteiger partial charge is 0.403 e. The van der Waals surface area contributed by atoms with E-state index < -0.39 is 0 Å². The van der Waals surface area contributed by atoms with Gasteiger partial charge in [0.05, 0.1) is 0 Å². The molecule has 0 fully saturated rings. The Bertz CT molecular complexity index is 333. The number of diazo groups is 1. The van der Waals surface area contributed by atoms with E-state index in [0.29, 0.717) is 15.7 Å². The number of hydrogen-bond donors (Lipinski definition) is 0. The number of benzene rings is 1. The molecule has 0 aliphatic rings. The number of halogens is 3. The van der Waals surface area contributed by atoms with Crippen molar-refractivity contribution in [2.24, 2.45) is 0 Å². The second kappa shape index (κ2) is 4.24. The Balaban J connectivity index is 0.00000121. The molecule has 0 unspecified atom stereocenters. The van der Waals surface area contributed by atoms with Gasteiger partial charge in [-0.2, -0.15) is 0 Å². The Morgan fingerprint density at radius 1 is 1.25 bits per heavy atom. The fraction of sp³-hybridized carbons (Fsp3) is 0.143. The lowest BCUT2D eigenvalue weighted by molar-refractivity contribution is -0.00000235. The number of hydrogen-bond acceptors (Lipinski definition) is 1. The Labute approximate surface area is 79.1 Å². The second-order valence-corrected chi connectivity index (χ2v) is 2.97. The first-order valence-electron chi connectivity index (χ1n) is 2.96. The minimum absolute atomic E-state index is 0. The van der Waals surface area contributed by atoms with Gasteiger partial charge in [0, 0.05) is 11.1 Å². The van der Waals surface area contributed by atoms with Crippen LogP contribution in [0.3, 0.4) is 0 Å². The molecule has 0 saturated carbocycles. The van der Waals surface area contributed by atoms with Crippen LogP contribution in [0.2, 0.25) is 10.0 Å². The standard InChI is InChI=1S/C7H5Cl2N2.FH/c1-4-2-7(11-10)6(9)3-5(4)8;/h2-3H,1H3;1H/q+1;/p-1. The summed E-state index contributed by atoms with van der Waals surface area (Å²) in [6.45, 7) is 1.81. The molecule has 0 spiro atoms. The fourth-order valence-electron chi connectivity index (χ4n) is 0.719. The summed E-state index contributed by atoms with van der Waals surface area (Å²) in [4.78, 5) is 2.98. The van der Waals surface area contributed by atoms with Crippen LogP contribution in [0.25, 0.3) is 4.98 Å². The molecule has 0 aromatic heterocycles. The van der Waals surface area contributed by atoms with Crippen LogP contribution in [0.4, 0.5) is 5.69 Å². The summed E-state index contributed by atoms with van der Waals surface area (Å²) < 4.78 is 0. The SMILES string of the molecule is Cc1cc([N+]#N)c(Cl)cc1Cl.[F-]. The van der Waals surface area contributed by atoms with Gasteiger partial charge in [-0.05, 0) is 18.6 Å². The van der Waals surface area contributed by atoms with E-state index in [2.05, 4.69) is 4.98 Å². The summed E-state index contributed by atoms with van der Waals surface area (Å²) in [5, 5.41) is 9.35. The molecule has 1 aromatic rings. The zero-order chi connectivity index (χ0) is 8.43. The van der Waals surface area contributed by atoms with Crippen LogP contribution in [0, 0.1) is 12.3 Å². The molecule has 0 N–H and O–H groups in total. The van der Waals surface area contributed by atoms with Gasteiger partial charge in [0.1, 0.15) is 5.02 Å². The van der Waals surface area contributed by atoms with Gasteiger partial charge in [0.2, 0.25) is 5.39 Å². The summed E-state index contributed by atoms with van der Waals surface area (Å²) in [6.07, 6.45) is 0. The van der Waals surface area contributed by atoms with Crippen LogP contribution in [-0.4, -0.2) is 0 Å².